The monoisotopic (exact) mass is 426 g/mol. The summed E-state index contributed by atoms with van der Waals surface area (Å²) >= 11 is 6.15. The molecule has 1 atom stereocenters. The van der Waals surface area contributed by atoms with Crippen molar-refractivity contribution in [2.45, 2.75) is 38.3 Å². The average molecular weight is 427 g/mol. The maximum atomic E-state index is 6.15. The Morgan fingerprint density at radius 3 is 2.80 bits per heavy atom. The molecule has 2 saturated heterocycles. The smallest absolute Gasteiger partial charge is 0.191 e. The minimum atomic E-state index is 0.358. The van der Waals surface area contributed by atoms with Gasteiger partial charge in [0.25, 0.3) is 0 Å². The molecule has 3 heterocycles. The normalized spacial score (nSPS) is 19.8. The summed E-state index contributed by atoms with van der Waals surface area (Å²) in [6.07, 6.45) is 6.83. The molecule has 1 aromatic carbocycles. The van der Waals surface area contributed by atoms with E-state index in [4.69, 9.17) is 11.6 Å². The van der Waals surface area contributed by atoms with Crippen LogP contribution < -0.4 is 20.4 Å². The van der Waals surface area contributed by atoms with E-state index in [1.54, 1.807) is 0 Å². The fourth-order valence-electron chi connectivity index (χ4n) is 4.23. The van der Waals surface area contributed by atoms with Crippen molar-refractivity contribution < 1.29 is 0 Å². The van der Waals surface area contributed by atoms with E-state index in [0.29, 0.717) is 6.04 Å². The highest BCUT2D eigenvalue weighted by Gasteiger charge is 2.23. The number of hydrogen-bond donors (Lipinski definition) is 2. The Bertz CT molecular complexity index is 864. The molecule has 6 nitrogen and oxygen atoms in total. The van der Waals surface area contributed by atoms with Crippen molar-refractivity contribution in [3.8, 4) is 0 Å². The van der Waals surface area contributed by atoms with E-state index in [9.17, 15) is 0 Å². The standard InChI is InChI=1S/C23H31ClN6/c1-25-23(28-20-9-13-30(17-20)21-7-5-6-19(24)15-21)27-16-18-8-10-26-22(14-18)29-11-3-2-4-12-29/h5-8,10,14-15,20H,2-4,9,11-13,16-17H2,1H3,(H2,25,27,28). The third-order valence-electron chi connectivity index (χ3n) is 5.88. The molecule has 0 aliphatic carbocycles. The zero-order chi connectivity index (χ0) is 20.8. The number of hydrogen-bond acceptors (Lipinski definition) is 4. The van der Waals surface area contributed by atoms with Gasteiger partial charge in [0.05, 0.1) is 0 Å². The van der Waals surface area contributed by atoms with Crippen molar-refractivity contribution in [3.05, 3.63) is 53.2 Å². The van der Waals surface area contributed by atoms with Crippen molar-refractivity contribution in [1.82, 2.24) is 15.6 Å². The number of guanidine groups is 1. The Balaban J connectivity index is 1.29. The lowest BCUT2D eigenvalue weighted by molar-refractivity contribution is 0.573. The number of halogens is 1. The van der Waals surface area contributed by atoms with Crippen molar-refractivity contribution in [3.63, 3.8) is 0 Å². The number of nitrogens with zero attached hydrogens (tertiary/aromatic N) is 4. The van der Waals surface area contributed by atoms with E-state index in [2.05, 4.69) is 48.6 Å². The fourth-order valence-corrected chi connectivity index (χ4v) is 4.41. The second-order valence-electron chi connectivity index (χ2n) is 8.05. The predicted molar refractivity (Wildman–Crippen MR) is 126 cm³/mol. The molecule has 2 fully saturated rings. The molecule has 30 heavy (non-hydrogen) atoms. The lowest BCUT2D eigenvalue weighted by Gasteiger charge is -2.28. The first-order valence-electron chi connectivity index (χ1n) is 10.9. The minimum absolute atomic E-state index is 0.358. The van der Waals surface area contributed by atoms with Crippen molar-refractivity contribution in [2.75, 3.05) is 43.0 Å². The molecule has 0 spiro atoms. The molecule has 0 radical (unpaired) electrons. The Labute approximate surface area is 184 Å². The first-order valence-corrected chi connectivity index (χ1v) is 11.3. The van der Waals surface area contributed by atoms with E-state index >= 15 is 0 Å². The average Bonchev–Trinajstić information content (AvgIpc) is 3.26. The fraction of sp³-hybridized carbons (Fsp3) is 0.478. The summed E-state index contributed by atoms with van der Waals surface area (Å²) in [4.78, 5) is 13.8. The first-order chi connectivity index (χ1) is 14.7. The van der Waals surface area contributed by atoms with Crippen molar-refractivity contribution in [1.29, 1.82) is 0 Å². The van der Waals surface area contributed by atoms with Gasteiger partial charge in [0.15, 0.2) is 5.96 Å². The number of benzene rings is 1. The van der Waals surface area contributed by atoms with E-state index < -0.39 is 0 Å². The Kier molecular flexibility index (Phi) is 6.95. The van der Waals surface area contributed by atoms with Gasteiger partial charge in [-0.3, -0.25) is 4.99 Å². The molecule has 0 saturated carbocycles. The second kappa shape index (κ2) is 10.0. The molecule has 0 bridgehead atoms. The highest BCUT2D eigenvalue weighted by molar-refractivity contribution is 6.30. The van der Waals surface area contributed by atoms with Gasteiger partial charge in [-0.1, -0.05) is 17.7 Å². The first kappa shape index (κ1) is 20.8. The van der Waals surface area contributed by atoms with Crippen LogP contribution in [0.3, 0.4) is 0 Å². The quantitative estimate of drug-likeness (QED) is 0.564. The number of pyridine rings is 1. The number of anilines is 2. The molecule has 2 aliphatic heterocycles. The van der Waals surface area contributed by atoms with Gasteiger partial charge in [0.2, 0.25) is 0 Å². The summed E-state index contributed by atoms with van der Waals surface area (Å²) in [7, 11) is 1.82. The maximum Gasteiger partial charge on any atom is 0.191 e. The van der Waals surface area contributed by atoms with Gasteiger partial charge < -0.3 is 20.4 Å². The summed E-state index contributed by atoms with van der Waals surface area (Å²) < 4.78 is 0. The van der Waals surface area contributed by atoms with Gasteiger partial charge in [-0.05, 0) is 61.6 Å². The SMILES string of the molecule is CN=C(NCc1ccnc(N2CCCCC2)c1)NC1CCN(c2cccc(Cl)c2)C1. The lowest BCUT2D eigenvalue weighted by atomic mass is 10.1. The van der Waals surface area contributed by atoms with E-state index in [1.807, 2.05) is 31.4 Å². The molecular weight excluding hydrogens is 396 g/mol. The highest BCUT2D eigenvalue weighted by Crippen LogP contribution is 2.23. The third-order valence-corrected chi connectivity index (χ3v) is 6.11. The summed E-state index contributed by atoms with van der Waals surface area (Å²) in [5.74, 6) is 1.93. The molecule has 2 aromatic rings. The van der Waals surface area contributed by atoms with Crippen LogP contribution in [0.15, 0.2) is 47.6 Å². The van der Waals surface area contributed by atoms with Gasteiger partial charge in [0, 0.05) is 62.7 Å². The Hall–Kier alpha value is -2.47. The third kappa shape index (κ3) is 5.36. The van der Waals surface area contributed by atoms with Crippen LogP contribution in [0.1, 0.15) is 31.2 Å². The van der Waals surface area contributed by atoms with E-state index in [0.717, 1.165) is 55.9 Å². The van der Waals surface area contributed by atoms with Gasteiger partial charge in [-0.15, -0.1) is 0 Å². The number of nitrogens with one attached hydrogen (secondary N) is 2. The van der Waals surface area contributed by atoms with Gasteiger partial charge in [0.1, 0.15) is 5.82 Å². The molecule has 2 N–H and O–H groups in total. The summed E-state index contributed by atoms with van der Waals surface area (Å²) in [5, 5.41) is 7.81. The number of rotatable bonds is 5. The molecule has 1 aromatic heterocycles. The second-order valence-corrected chi connectivity index (χ2v) is 8.49. The maximum absolute atomic E-state index is 6.15. The topological polar surface area (TPSA) is 55.8 Å². The molecular formula is C23H31ClN6. The molecule has 0 amide bonds. The van der Waals surface area contributed by atoms with Crippen LogP contribution in [0.5, 0.6) is 0 Å². The number of aromatic nitrogens is 1. The van der Waals surface area contributed by atoms with Crippen LogP contribution in [0, 0.1) is 0 Å². The van der Waals surface area contributed by atoms with Gasteiger partial charge in [-0.2, -0.15) is 0 Å². The van der Waals surface area contributed by atoms with Crippen molar-refractivity contribution >= 4 is 29.1 Å². The summed E-state index contributed by atoms with van der Waals surface area (Å²) in [6, 6.07) is 12.7. The van der Waals surface area contributed by atoms with Crippen LogP contribution in [0.2, 0.25) is 5.02 Å². The van der Waals surface area contributed by atoms with Crippen LogP contribution in [0.4, 0.5) is 11.5 Å². The molecule has 7 heteroatoms. The summed E-state index contributed by atoms with van der Waals surface area (Å²) in [6.45, 7) is 4.90. The summed E-state index contributed by atoms with van der Waals surface area (Å²) in [5.41, 5.74) is 2.40. The van der Waals surface area contributed by atoms with E-state index in [1.165, 1.54) is 30.5 Å². The van der Waals surface area contributed by atoms with Crippen LogP contribution in [-0.4, -0.2) is 50.2 Å². The highest BCUT2D eigenvalue weighted by atomic mass is 35.5. The zero-order valence-electron chi connectivity index (χ0n) is 17.6. The largest absolute Gasteiger partial charge is 0.369 e. The Morgan fingerprint density at radius 2 is 2.00 bits per heavy atom. The molecule has 4 rings (SSSR count). The van der Waals surface area contributed by atoms with Crippen LogP contribution >= 0.6 is 11.6 Å². The van der Waals surface area contributed by atoms with Crippen LogP contribution in [-0.2, 0) is 6.54 Å². The van der Waals surface area contributed by atoms with Gasteiger partial charge >= 0.3 is 0 Å². The van der Waals surface area contributed by atoms with E-state index in [-0.39, 0.29) is 0 Å². The molecule has 2 aliphatic rings. The molecule has 1 unspecified atom stereocenters. The predicted octanol–water partition coefficient (Wildman–Crippen LogP) is 3.67. The number of piperidine rings is 1. The minimum Gasteiger partial charge on any atom is -0.369 e. The molecule has 160 valence electrons. The van der Waals surface area contributed by atoms with Crippen LogP contribution in [0.25, 0.3) is 0 Å². The number of aliphatic imine (C=N–C) groups is 1. The zero-order valence-corrected chi connectivity index (χ0v) is 18.4. The lowest BCUT2D eigenvalue weighted by Crippen LogP contribution is -2.44. The van der Waals surface area contributed by atoms with Gasteiger partial charge in [-0.25, -0.2) is 4.98 Å². The van der Waals surface area contributed by atoms with Crippen molar-refractivity contribution in [2.24, 2.45) is 4.99 Å². The Morgan fingerprint density at radius 1 is 1.13 bits per heavy atom.